The molecule has 0 saturated heterocycles. The number of carbonyl (C=O) groups excluding carboxylic acids is 1. The van der Waals surface area contributed by atoms with Crippen LogP contribution in [-0.4, -0.2) is 17.4 Å². The van der Waals surface area contributed by atoms with Crippen molar-refractivity contribution in [2.45, 2.75) is 25.7 Å². The Morgan fingerprint density at radius 1 is 0.926 bits per heavy atom. The third-order valence-electron chi connectivity index (χ3n) is 4.44. The molecule has 0 bridgehead atoms. The molecular weight excluding hydrogens is 336 g/mol. The molecule has 0 saturated carbocycles. The van der Waals surface area contributed by atoms with Crippen molar-refractivity contribution in [2.75, 3.05) is 6.61 Å². The van der Waals surface area contributed by atoms with Crippen LogP contribution in [-0.2, 0) is 0 Å². The van der Waals surface area contributed by atoms with E-state index in [-0.39, 0.29) is 5.78 Å². The predicted octanol–water partition coefficient (Wildman–Crippen LogP) is 5.38. The normalized spacial score (nSPS) is 10.3. The minimum atomic E-state index is 0.190. The van der Waals surface area contributed by atoms with Crippen molar-refractivity contribution < 1.29 is 9.53 Å². The van der Waals surface area contributed by atoms with E-state index >= 15 is 0 Å². The molecule has 27 heavy (non-hydrogen) atoms. The number of ether oxygens (including phenoxy) is 1. The second-order valence-corrected chi connectivity index (χ2v) is 6.40. The number of benzene rings is 2. The number of aromatic nitrogens is 1. The van der Waals surface area contributed by atoms with E-state index in [0.717, 1.165) is 41.7 Å². The Bertz CT molecular complexity index is 889. The van der Waals surface area contributed by atoms with Crippen molar-refractivity contribution in [1.29, 1.82) is 5.26 Å². The molecule has 0 aliphatic carbocycles. The van der Waals surface area contributed by atoms with E-state index in [1.165, 1.54) is 0 Å². The first-order chi connectivity index (χ1) is 13.3. The van der Waals surface area contributed by atoms with Gasteiger partial charge in [0, 0.05) is 24.4 Å². The van der Waals surface area contributed by atoms with Gasteiger partial charge in [0.1, 0.15) is 5.75 Å². The fourth-order valence-electron chi connectivity index (χ4n) is 2.88. The lowest BCUT2D eigenvalue weighted by Crippen LogP contribution is -2.00. The Labute approximate surface area is 159 Å². The zero-order valence-corrected chi connectivity index (χ0v) is 15.2. The molecule has 0 aliphatic heterocycles. The summed E-state index contributed by atoms with van der Waals surface area (Å²) in [6.07, 6.45) is 6.88. The van der Waals surface area contributed by atoms with E-state index < -0.39 is 0 Å². The van der Waals surface area contributed by atoms with Crippen LogP contribution in [0.3, 0.4) is 0 Å². The molecule has 0 amide bonds. The van der Waals surface area contributed by atoms with Gasteiger partial charge in [-0.05, 0) is 60.7 Å². The van der Waals surface area contributed by atoms with E-state index in [4.69, 9.17) is 10.00 Å². The molecule has 0 unspecified atom stereocenters. The average molecular weight is 358 g/mol. The molecule has 3 aromatic rings. The number of unbranched alkanes of at least 4 members (excludes halogenated alkanes) is 2. The van der Waals surface area contributed by atoms with E-state index in [1.54, 1.807) is 12.4 Å². The van der Waals surface area contributed by atoms with Gasteiger partial charge in [0.2, 0.25) is 0 Å². The largest absolute Gasteiger partial charge is 0.494 e. The molecule has 0 spiro atoms. The van der Waals surface area contributed by atoms with Crippen molar-refractivity contribution >= 4 is 5.78 Å². The number of nitrogens with zero attached hydrogens (tertiary/aromatic N) is 1. The summed E-state index contributed by atoms with van der Waals surface area (Å²) in [7, 11) is 0. The Balaban J connectivity index is 1.37. The predicted molar refractivity (Wildman–Crippen MR) is 106 cm³/mol. The molecule has 4 heteroatoms. The van der Waals surface area contributed by atoms with Crippen molar-refractivity contribution in [1.82, 2.24) is 4.98 Å². The molecule has 0 aliphatic rings. The Hall–Kier alpha value is -3.32. The molecule has 4 nitrogen and oxygen atoms in total. The van der Waals surface area contributed by atoms with Crippen LogP contribution in [0.25, 0.3) is 11.1 Å². The fourth-order valence-corrected chi connectivity index (χ4v) is 2.88. The number of nitrogens with one attached hydrogen (secondary N) is 1. The summed E-state index contributed by atoms with van der Waals surface area (Å²) in [6.45, 7) is 0.647. The Morgan fingerprint density at radius 3 is 2.26 bits per heavy atom. The molecule has 0 atom stereocenters. The highest BCUT2D eigenvalue weighted by Crippen LogP contribution is 2.23. The second-order valence-electron chi connectivity index (χ2n) is 6.40. The van der Waals surface area contributed by atoms with E-state index in [0.29, 0.717) is 18.6 Å². The molecule has 0 fully saturated rings. The molecule has 1 heterocycles. The standard InChI is InChI=1S/C23H22N2O2/c24-16-18-5-7-19(8-6-18)20-9-11-22(12-10-20)27-15-3-1-2-4-23(26)21-13-14-25-17-21/h5-14,17,25H,1-4,15H2. The van der Waals surface area contributed by atoms with Crippen LogP contribution >= 0.6 is 0 Å². The van der Waals surface area contributed by atoms with Gasteiger partial charge in [-0.15, -0.1) is 0 Å². The van der Waals surface area contributed by atoms with Gasteiger partial charge in [-0.2, -0.15) is 5.26 Å². The highest BCUT2D eigenvalue weighted by molar-refractivity contribution is 5.95. The highest BCUT2D eigenvalue weighted by atomic mass is 16.5. The number of ketones is 1. The maximum atomic E-state index is 11.9. The Morgan fingerprint density at radius 2 is 1.63 bits per heavy atom. The maximum absolute atomic E-state index is 11.9. The summed E-state index contributed by atoms with van der Waals surface area (Å²) in [5.74, 6) is 1.03. The second kappa shape index (κ2) is 9.40. The lowest BCUT2D eigenvalue weighted by Gasteiger charge is -2.07. The molecule has 2 aromatic carbocycles. The molecular formula is C23H22N2O2. The number of aromatic amines is 1. The third-order valence-corrected chi connectivity index (χ3v) is 4.44. The zero-order chi connectivity index (χ0) is 18.9. The lowest BCUT2D eigenvalue weighted by molar-refractivity contribution is 0.0978. The number of H-pyrrole nitrogens is 1. The van der Waals surface area contributed by atoms with Gasteiger partial charge in [0.05, 0.1) is 18.2 Å². The van der Waals surface area contributed by atoms with Gasteiger partial charge in [0.25, 0.3) is 0 Å². The van der Waals surface area contributed by atoms with Crippen LogP contribution in [0.15, 0.2) is 67.0 Å². The van der Waals surface area contributed by atoms with Gasteiger partial charge < -0.3 is 9.72 Å². The van der Waals surface area contributed by atoms with Crippen LogP contribution in [0.2, 0.25) is 0 Å². The van der Waals surface area contributed by atoms with Gasteiger partial charge >= 0.3 is 0 Å². The number of hydrogen-bond acceptors (Lipinski definition) is 3. The lowest BCUT2D eigenvalue weighted by atomic mass is 10.0. The summed E-state index contributed by atoms with van der Waals surface area (Å²) in [5.41, 5.74) is 3.59. The van der Waals surface area contributed by atoms with Gasteiger partial charge in [0.15, 0.2) is 5.78 Å². The summed E-state index contributed by atoms with van der Waals surface area (Å²) >= 11 is 0. The number of hydrogen-bond donors (Lipinski definition) is 1. The van der Waals surface area contributed by atoms with Crippen LogP contribution in [0.5, 0.6) is 5.75 Å². The maximum Gasteiger partial charge on any atom is 0.164 e. The van der Waals surface area contributed by atoms with Crippen LogP contribution in [0, 0.1) is 11.3 Å². The number of Topliss-reactive ketones (excluding diaryl/α,β-unsaturated/α-hetero) is 1. The first-order valence-corrected chi connectivity index (χ1v) is 9.15. The summed E-state index contributed by atoms with van der Waals surface area (Å²) in [5, 5.41) is 8.86. The van der Waals surface area contributed by atoms with Crippen LogP contribution in [0.1, 0.15) is 41.6 Å². The van der Waals surface area contributed by atoms with Gasteiger partial charge in [-0.3, -0.25) is 4.79 Å². The Kier molecular flexibility index (Phi) is 6.43. The zero-order valence-electron chi connectivity index (χ0n) is 15.2. The molecule has 3 rings (SSSR count). The van der Waals surface area contributed by atoms with Crippen molar-refractivity contribution in [3.8, 4) is 22.9 Å². The van der Waals surface area contributed by atoms with Crippen LogP contribution < -0.4 is 4.74 Å². The third kappa shape index (κ3) is 5.32. The first kappa shape index (κ1) is 18.5. The summed E-state index contributed by atoms with van der Waals surface area (Å²) in [6, 6.07) is 19.4. The minimum Gasteiger partial charge on any atom is -0.494 e. The monoisotopic (exact) mass is 358 g/mol. The highest BCUT2D eigenvalue weighted by Gasteiger charge is 2.05. The topological polar surface area (TPSA) is 65.9 Å². The SMILES string of the molecule is N#Cc1ccc(-c2ccc(OCCCCCC(=O)c3cc[nH]c3)cc2)cc1. The molecule has 1 aromatic heterocycles. The summed E-state index contributed by atoms with van der Waals surface area (Å²) < 4.78 is 5.78. The van der Waals surface area contributed by atoms with Crippen molar-refractivity contribution in [3.63, 3.8) is 0 Å². The minimum absolute atomic E-state index is 0.190. The fraction of sp³-hybridized carbons (Fsp3) is 0.217. The quantitative estimate of drug-likeness (QED) is 0.413. The van der Waals surface area contributed by atoms with E-state index in [1.807, 2.05) is 54.6 Å². The number of rotatable bonds is 9. The van der Waals surface area contributed by atoms with E-state index in [9.17, 15) is 4.79 Å². The average Bonchev–Trinajstić information content (AvgIpc) is 3.26. The molecule has 1 N–H and O–H groups in total. The number of carbonyl (C=O) groups is 1. The summed E-state index contributed by atoms with van der Waals surface area (Å²) in [4.78, 5) is 14.8. The molecule has 136 valence electrons. The smallest absolute Gasteiger partial charge is 0.164 e. The van der Waals surface area contributed by atoms with E-state index in [2.05, 4.69) is 11.1 Å². The van der Waals surface area contributed by atoms with Crippen LogP contribution in [0.4, 0.5) is 0 Å². The van der Waals surface area contributed by atoms with Gasteiger partial charge in [-0.1, -0.05) is 24.3 Å². The van der Waals surface area contributed by atoms with Gasteiger partial charge in [-0.25, -0.2) is 0 Å². The van der Waals surface area contributed by atoms with Crippen molar-refractivity contribution in [2.24, 2.45) is 0 Å². The number of nitriles is 1. The molecule has 0 radical (unpaired) electrons. The van der Waals surface area contributed by atoms with Crippen molar-refractivity contribution in [3.05, 3.63) is 78.1 Å². The first-order valence-electron chi connectivity index (χ1n) is 9.15.